The third-order valence-corrected chi connectivity index (χ3v) is 0.947. The van der Waals surface area contributed by atoms with Crippen molar-refractivity contribution < 1.29 is 9.53 Å². The summed E-state index contributed by atoms with van der Waals surface area (Å²) in [5.74, 6) is -0.551. The van der Waals surface area contributed by atoms with Crippen molar-refractivity contribution in [3.63, 3.8) is 0 Å². The van der Waals surface area contributed by atoms with E-state index in [9.17, 15) is 4.79 Å². The number of carbonyl (C=O) groups excluding carboxylic acids is 1. The van der Waals surface area contributed by atoms with Crippen LogP contribution in [0.3, 0.4) is 0 Å². The molecule has 0 heterocycles. The molecule has 0 amide bonds. The van der Waals surface area contributed by atoms with E-state index in [0.29, 0.717) is 6.61 Å². The van der Waals surface area contributed by atoms with Gasteiger partial charge in [-0.3, -0.25) is 4.79 Å². The van der Waals surface area contributed by atoms with Crippen molar-refractivity contribution >= 4 is 5.97 Å². The van der Waals surface area contributed by atoms with Gasteiger partial charge in [0.1, 0.15) is 0 Å². The molecule has 0 bridgehead atoms. The van der Waals surface area contributed by atoms with E-state index >= 15 is 0 Å². The minimum atomic E-state index is -0.287. The molecule has 1 atom stereocenters. The highest BCUT2D eigenvalue weighted by molar-refractivity contribution is 5.73. The van der Waals surface area contributed by atoms with E-state index in [1.807, 2.05) is 0 Å². The van der Waals surface area contributed by atoms with Crippen LogP contribution in [-0.2, 0) is 9.53 Å². The highest BCUT2D eigenvalue weighted by atomic mass is 16.5. The van der Waals surface area contributed by atoms with Crippen LogP contribution in [0.25, 0.3) is 0 Å². The van der Waals surface area contributed by atoms with Crippen LogP contribution in [-0.4, -0.2) is 12.6 Å². The Morgan fingerprint density at radius 3 is 2.78 bits per heavy atom. The Balaban J connectivity index is 3.58. The normalized spacial score (nSPS) is 12.2. The number of ether oxygens (including phenoxy) is 1. The zero-order valence-electron chi connectivity index (χ0n) is 5.76. The first-order valence-electron chi connectivity index (χ1n) is 2.94. The van der Waals surface area contributed by atoms with Crippen molar-refractivity contribution in [3.05, 3.63) is 12.7 Å². The smallest absolute Gasteiger partial charge is 0.312 e. The molecule has 1 radical (unpaired) electrons. The average molecular weight is 127 g/mol. The largest absolute Gasteiger partial charge is 0.466 e. The molecule has 0 aromatic carbocycles. The number of rotatable bonds is 3. The van der Waals surface area contributed by atoms with Gasteiger partial charge < -0.3 is 4.74 Å². The molecule has 0 aliphatic rings. The molecule has 51 valence electrons. The summed E-state index contributed by atoms with van der Waals surface area (Å²) in [6.07, 6.45) is 1.32. The zero-order valence-corrected chi connectivity index (χ0v) is 5.76. The highest BCUT2D eigenvalue weighted by Gasteiger charge is 2.07. The molecule has 0 aromatic rings. The lowest BCUT2D eigenvalue weighted by atomic mass is 10.2. The first-order chi connectivity index (χ1) is 4.22. The molecule has 0 saturated carbocycles. The van der Waals surface area contributed by atoms with Crippen LogP contribution in [0, 0.1) is 12.5 Å². The van der Waals surface area contributed by atoms with E-state index in [-0.39, 0.29) is 11.9 Å². The lowest BCUT2D eigenvalue weighted by molar-refractivity contribution is -0.145. The first kappa shape index (κ1) is 8.21. The Morgan fingerprint density at radius 1 is 1.89 bits per heavy atom. The predicted octanol–water partition coefficient (Wildman–Crippen LogP) is 1.17. The van der Waals surface area contributed by atoms with Gasteiger partial charge in [0.25, 0.3) is 0 Å². The summed E-state index contributed by atoms with van der Waals surface area (Å²) in [5.41, 5.74) is 0. The van der Waals surface area contributed by atoms with Crippen molar-refractivity contribution in [1.82, 2.24) is 0 Å². The molecule has 2 nitrogen and oxygen atoms in total. The van der Waals surface area contributed by atoms with Crippen molar-refractivity contribution in [2.75, 3.05) is 6.61 Å². The summed E-state index contributed by atoms with van der Waals surface area (Å²) >= 11 is 0. The second-order valence-corrected chi connectivity index (χ2v) is 1.73. The maximum absolute atomic E-state index is 10.6. The van der Waals surface area contributed by atoms with Crippen molar-refractivity contribution in [3.8, 4) is 0 Å². The Kier molecular flexibility index (Phi) is 3.76. The van der Waals surface area contributed by atoms with Gasteiger partial charge >= 0.3 is 5.97 Å². The molecular weight excluding hydrogens is 116 g/mol. The molecule has 0 aliphatic carbocycles. The van der Waals surface area contributed by atoms with Crippen molar-refractivity contribution in [1.29, 1.82) is 0 Å². The minimum absolute atomic E-state index is 0.264. The van der Waals surface area contributed by atoms with Crippen LogP contribution in [0.5, 0.6) is 0 Å². The van der Waals surface area contributed by atoms with E-state index in [1.54, 1.807) is 13.8 Å². The van der Waals surface area contributed by atoms with Gasteiger partial charge in [-0.1, -0.05) is 12.7 Å². The van der Waals surface area contributed by atoms with Gasteiger partial charge in [-0.15, -0.1) is 0 Å². The lowest BCUT2D eigenvalue weighted by Crippen LogP contribution is -2.11. The molecule has 0 N–H and O–H groups in total. The fraction of sp³-hybridized carbons (Fsp3) is 0.571. The zero-order chi connectivity index (χ0) is 7.28. The summed E-state index contributed by atoms with van der Waals surface area (Å²) in [6.45, 7) is 8.95. The summed E-state index contributed by atoms with van der Waals surface area (Å²) in [6, 6.07) is 0. The third kappa shape index (κ3) is 2.90. The van der Waals surface area contributed by atoms with Crippen LogP contribution in [0.1, 0.15) is 13.8 Å². The quantitative estimate of drug-likeness (QED) is 0.532. The Morgan fingerprint density at radius 2 is 2.44 bits per heavy atom. The maximum atomic E-state index is 10.6. The Labute approximate surface area is 55.5 Å². The van der Waals surface area contributed by atoms with Gasteiger partial charge in [-0.05, 0) is 13.8 Å². The SMILES string of the molecule is [CH]=C[C@@H](C)C(=O)OCC. The lowest BCUT2D eigenvalue weighted by Gasteiger charge is -2.03. The molecule has 0 saturated heterocycles. The third-order valence-electron chi connectivity index (χ3n) is 0.947. The van der Waals surface area contributed by atoms with Crippen LogP contribution in [0.15, 0.2) is 6.08 Å². The molecule has 0 aromatic heterocycles. The molecule has 0 spiro atoms. The second kappa shape index (κ2) is 4.13. The number of hydrogen-bond donors (Lipinski definition) is 0. The van der Waals surface area contributed by atoms with Crippen molar-refractivity contribution in [2.24, 2.45) is 5.92 Å². The maximum Gasteiger partial charge on any atom is 0.312 e. The van der Waals surface area contributed by atoms with Crippen LogP contribution in [0.2, 0.25) is 0 Å². The second-order valence-electron chi connectivity index (χ2n) is 1.73. The molecule has 0 aliphatic heterocycles. The minimum Gasteiger partial charge on any atom is -0.466 e. The van der Waals surface area contributed by atoms with Gasteiger partial charge in [0, 0.05) is 0 Å². The molecule has 9 heavy (non-hydrogen) atoms. The predicted molar refractivity (Wildman–Crippen MR) is 34.7 cm³/mol. The Hall–Kier alpha value is -0.790. The van der Waals surface area contributed by atoms with E-state index in [1.165, 1.54) is 6.08 Å². The van der Waals surface area contributed by atoms with Crippen LogP contribution in [0.4, 0.5) is 0 Å². The number of carbonyl (C=O) groups is 1. The fourth-order valence-electron chi connectivity index (χ4n) is 0.352. The monoisotopic (exact) mass is 127 g/mol. The molecule has 0 unspecified atom stereocenters. The van der Waals surface area contributed by atoms with Crippen molar-refractivity contribution in [2.45, 2.75) is 13.8 Å². The van der Waals surface area contributed by atoms with E-state index < -0.39 is 0 Å². The summed E-state index contributed by atoms with van der Waals surface area (Å²) < 4.78 is 4.64. The van der Waals surface area contributed by atoms with E-state index in [2.05, 4.69) is 4.74 Å². The standard InChI is InChI=1S/C7H11O2/c1-4-6(3)7(8)9-5-2/h1,4,6H,5H2,2-3H3/t6-/m1/s1. The van der Waals surface area contributed by atoms with Crippen LogP contribution >= 0.6 is 0 Å². The Bertz CT molecular complexity index is 107. The summed E-state index contributed by atoms with van der Waals surface area (Å²) in [4.78, 5) is 10.6. The molecule has 2 heteroatoms. The van der Waals surface area contributed by atoms with Gasteiger partial charge in [0.05, 0.1) is 12.5 Å². The molecular formula is C7H11O2. The first-order valence-corrected chi connectivity index (χ1v) is 2.94. The molecule has 0 rings (SSSR count). The van der Waals surface area contributed by atoms with Gasteiger partial charge in [-0.2, -0.15) is 0 Å². The van der Waals surface area contributed by atoms with Gasteiger partial charge in [0.2, 0.25) is 0 Å². The molecule has 0 fully saturated rings. The number of hydrogen-bond acceptors (Lipinski definition) is 2. The van der Waals surface area contributed by atoms with Gasteiger partial charge in [-0.25, -0.2) is 0 Å². The van der Waals surface area contributed by atoms with E-state index in [0.717, 1.165) is 0 Å². The van der Waals surface area contributed by atoms with Crippen LogP contribution < -0.4 is 0 Å². The fourth-order valence-corrected chi connectivity index (χ4v) is 0.352. The summed E-state index contributed by atoms with van der Waals surface area (Å²) in [5, 5.41) is 0. The number of esters is 1. The van der Waals surface area contributed by atoms with Gasteiger partial charge in [0.15, 0.2) is 0 Å². The topological polar surface area (TPSA) is 26.3 Å². The van der Waals surface area contributed by atoms with E-state index in [4.69, 9.17) is 6.58 Å². The highest BCUT2D eigenvalue weighted by Crippen LogP contribution is 1.97. The summed E-state index contributed by atoms with van der Waals surface area (Å²) in [7, 11) is 0. The average Bonchev–Trinajstić information content (AvgIpc) is 1.87.